The molecule has 0 saturated carbocycles. The van der Waals surface area contributed by atoms with E-state index in [0.29, 0.717) is 22.4 Å². The van der Waals surface area contributed by atoms with Crippen LogP contribution in [0.1, 0.15) is 22.3 Å². The van der Waals surface area contributed by atoms with E-state index in [2.05, 4.69) is 20.0 Å². The van der Waals surface area contributed by atoms with E-state index in [0.717, 1.165) is 22.4 Å². The molecule has 158 valence electrons. The fourth-order valence-electron chi connectivity index (χ4n) is 3.34. The first kappa shape index (κ1) is 20.8. The summed E-state index contributed by atoms with van der Waals surface area (Å²) in [4.78, 5) is 9.45. The first-order valence-corrected chi connectivity index (χ1v) is 11.4. The first-order chi connectivity index (χ1) is 14.7. The molecule has 0 aliphatic heterocycles. The van der Waals surface area contributed by atoms with E-state index in [-0.39, 0.29) is 10.7 Å². The van der Waals surface area contributed by atoms with E-state index in [9.17, 15) is 8.42 Å². The third-order valence-corrected chi connectivity index (χ3v) is 6.56. The highest BCUT2D eigenvalue weighted by Crippen LogP contribution is 2.29. The van der Waals surface area contributed by atoms with Crippen molar-refractivity contribution in [3.05, 3.63) is 82.9 Å². The number of aromatic nitrogens is 2. The van der Waals surface area contributed by atoms with Gasteiger partial charge >= 0.3 is 0 Å². The van der Waals surface area contributed by atoms with Gasteiger partial charge in [-0.2, -0.15) is 0 Å². The smallest absolute Gasteiger partial charge is 0.263 e. The maximum Gasteiger partial charge on any atom is 0.263 e. The molecule has 2 N–H and O–H groups in total. The van der Waals surface area contributed by atoms with E-state index in [1.807, 2.05) is 63.2 Å². The summed E-state index contributed by atoms with van der Waals surface area (Å²) in [5.74, 6) is 0.502. The quantitative estimate of drug-likeness (QED) is 0.441. The summed E-state index contributed by atoms with van der Waals surface area (Å²) >= 11 is 0. The van der Waals surface area contributed by atoms with Crippen LogP contribution in [0.4, 0.5) is 17.3 Å². The number of sulfonamides is 1. The molecular formula is C24H24N4O2S. The molecule has 0 atom stereocenters. The van der Waals surface area contributed by atoms with E-state index in [1.165, 1.54) is 0 Å². The summed E-state index contributed by atoms with van der Waals surface area (Å²) in [6.07, 6.45) is 0. The van der Waals surface area contributed by atoms with Crippen LogP contribution in [0.5, 0.6) is 0 Å². The molecule has 0 aliphatic rings. The molecule has 0 spiro atoms. The summed E-state index contributed by atoms with van der Waals surface area (Å²) in [5.41, 5.74) is 5.75. The minimum atomic E-state index is -3.86. The third-order valence-electron chi connectivity index (χ3n) is 5.08. The van der Waals surface area contributed by atoms with Crippen molar-refractivity contribution >= 4 is 38.4 Å². The number of fused-ring (bicyclic) bond motifs is 1. The second-order valence-corrected chi connectivity index (χ2v) is 9.38. The molecule has 0 saturated heterocycles. The zero-order chi connectivity index (χ0) is 22.2. The van der Waals surface area contributed by atoms with E-state index >= 15 is 0 Å². The van der Waals surface area contributed by atoms with Crippen molar-refractivity contribution in [1.29, 1.82) is 0 Å². The number of hydrogen-bond acceptors (Lipinski definition) is 5. The molecule has 0 bridgehead atoms. The Morgan fingerprint density at radius 3 is 1.97 bits per heavy atom. The number of para-hydroxylation sites is 2. The van der Waals surface area contributed by atoms with Crippen molar-refractivity contribution in [2.45, 2.75) is 32.6 Å². The van der Waals surface area contributed by atoms with Gasteiger partial charge in [0.1, 0.15) is 0 Å². The van der Waals surface area contributed by atoms with Crippen molar-refractivity contribution in [2.24, 2.45) is 0 Å². The van der Waals surface area contributed by atoms with Gasteiger partial charge in [0, 0.05) is 5.69 Å². The van der Waals surface area contributed by atoms with Gasteiger partial charge in [0.2, 0.25) is 0 Å². The van der Waals surface area contributed by atoms with Gasteiger partial charge in [0.15, 0.2) is 11.6 Å². The predicted molar refractivity (Wildman–Crippen MR) is 125 cm³/mol. The van der Waals surface area contributed by atoms with Crippen molar-refractivity contribution in [3.8, 4) is 0 Å². The van der Waals surface area contributed by atoms with Crippen molar-refractivity contribution in [1.82, 2.24) is 9.97 Å². The zero-order valence-electron chi connectivity index (χ0n) is 17.9. The molecule has 0 aliphatic carbocycles. The summed E-state index contributed by atoms with van der Waals surface area (Å²) in [5, 5.41) is 3.27. The number of benzene rings is 3. The molecule has 4 aromatic rings. The van der Waals surface area contributed by atoms with Gasteiger partial charge in [-0.15, -0.1) is 0 Å². The molecule has 6 nitrogen and oxygen atoms in total. The Morgan fingerprint density at radius 1 is 0.710 bits per heavy atom. The number of nitrogens with zero attached hydrogens (tertiary/aromatic N) is 2. The molecule has 7 heteroatoms. The topological polar surface area (TPSA) is 84.0 Å². The summed E-state index contributed by atoms with van der Waals surface area (Å²) in [6, 6.07) is 18.7. The van der Waals surface area contributed by atoms with Crippen LogP contribution >= 0.6 is 0 Å². The standard InChI is InChI=1S/C24H24N4O2S/c1-15-9-11-17(3)21(13-15)27-23-24(26-20-8-6-5-7-19(20)25-23)28-31(29,30)22-14-16(2)10-12-18(22)4/h5-14H,1-4H3,(H,25,27)(H,26,28). The lowest BCUT2D eigenvalue weighted by Gasteiger charge is -2.16. The van der Waals surface area contributed by atoms with Crippen LogP contribution in [0, 0.1) is 27.7 Å². The van der Waals surface area contributed by atoms with Crippen molar-refractivity contribution in [2.75, 3.05) is 10.0 Å². The number of aryl methyl sites for hydroxylation is 4. The lowest BCUT2D eigenvalue weighted by Crippen LogP contribution is -2.17. The highest BCUT2D eigenvalue weighted by atomic mass is 32.2. The van der Waals surface area contributed by atoms with Crippen LogP contribution < -0.4 is 10.0 Å². The number of nitrogens with one attached hydrogen (secondary N) is 2. The number of hydrogen-bond donors (Lipinski definition) is 2. The second kappa shape index (κ2) is 8.00. The van der Waals surface area contributed by atoms with Crippen molar-refractivity contribution < 1.29 is 8.42 Å². The minimum Gasteiger partial charge on any atom is -0.337 e. The fraction of sp³-hybridized carbons (Fsp3) is 0.167. The minimum absolute atomic E-state index is 0.153. The monoisotopic (exact) mass is 432 g/mol. The Labute approximate surface area is 182 Å². The largest absolute Gasteiger partial charge is 0.337 e. The molecule has 3 aromatic carbocycles. The van der Waals surface area contributed by atoms with Gasteiger partial charge in [-0.05, 0) is 74.2 Å². The molecule has 0 radical (unpaired) electrons. The van der Waals surface area contributed by atoms with Crippen LogP contribution in [0.25, 0.3) is 11.0 Å². The lowest BCUT2D eigenvalue weighted by atomic mass is 10.1. The second-order valence-electron chi connectivity index (χ2n) is 7.73. The Bertz CT molecular complexity index is 1400. The summed E-state index contributed by atoms with van der Waals surface area (Å²) in [6.45, 7) is 7.62. The average molecular weight is 433 g/mol. The Balaban J connectivity index is 1.83. The zero-order valence-corrected chi connectivity index (χ0v) is 18.7. The van der Waals surface area contributed by atoms with Crippen LogP contribution in [-0.2, 0) is 10.0 Å². The molecular weight excluding hydrogens is 408 g/mol. The highest BCUT2D eigenvalue weighted by molar-refractivity contribution is 7.92. The van der Waals surface area contributed by atoms with Crippen LogP contribution in [-0.4, -0.2) is 18.4 Å². The Morgan fingerprint density at radius 2 is 1.29 bits per heavy atom. The number of rotatable bonds is 5. The molecule has 0 fully saturated rings. The number of anilines is 3. The van der Waals surface area contributed by atoms with Gasteiger partial charge in [0.25, 0.3) is 10.0 Å². The third kappa shape index (κ3) is 4.36. The van der Waals surface area contributed by atoms with Gasteiger partial charge in [-0.25, -0.2) is 18.4 Å². The SMILES string of the molecule is Cc1ccc(C)c(Nc2nc3ccccc3nc2NS(=O)(=O)c2cc(C)ccc2C)c1. The Kier molecular flexibility index (Phi) is 5.37. The maximum atomic E-state index is 13.2. The van der Waals surface area contributed by atoms with Gasteiger partial charge in [-0.3, -0.25) is 4.72 Å². The normalized spacial score (nSPS) is 11.5. The lowest BCUT2D eigenvalue weighted by molar-refractivity contribution is 0.600. The van der Waals surface area contributed by atoms with Crippen molar-refractivity contribution in [3.63, 3.8) is 0 Å². The van der Waals surface area contributed by atoms with Crippen LogP contribution in [0.2, 0.25) is 0 Å². The first-order valence-electron chi connectivity index (χ1n) is 9.94. The predicted octanol–water partition coefficient (Wildman–Crippen LogP) is 5.41. The maximum absolute atomic E-state index is 13.2. The van der Waals surface area contributed by atoms with Gasteiger partial charge < -0.3 is 5.32 Å². The molecule has 0 unspecified atom stereocenters. The van der Waals surface area contributed by atoms with E-state index in [4.69, 9.17) is 0 Å². The van der Waals surface area contributed by atoms with Crippen LogP contribution in [0.3, 0.4) is 0 Å². The van der Waals surface area contributed by atoms with E-state index < -0.39 is 10.0 Å². The fourth-order valence-corrected chi connectivity index (χ4v) is 4.68. The molecule has 4 rings (SSSR count). The van der Waals surface area contributed by atoms with E-state index in [1.54, 1.807) is 25.1 Å². The Hall–Kier alpha value is -3.45. The highest BCUT2D eigenvalue weighted by Gasteiger charge is 2.21. The van der Waals surface area contributed by atoms with Crippen LogP contribution in [0.15, 0.2) is 65.6 Å². The van der Waals surface area contributed by atoms with Gasteiger partial charge in [0.05, 0.1) is 15.9 Å². The molecule has 1 heterocycles. The molecule has 1 aromatic heterocycles. The summed E-state index contributed by atoms with van der Waals surface area (Å²) < 4.78 is 29.1. The summed E-state index contributed by atoms with van der Waals surface area (Å²) in [7, 11) is -3.86. The molecule has 0 amide bonds. The average Bonchev–Trinajstić information content (AvgIpc) is 2.72. The molecule has 31 heavy (non-hydrogen) atoms. The van der Waals surface area contributed by atoms with Gasteiger partial charge in [-0.1, -0.05) is 36.4 Å².